The largest absolute Gasteiger partial charge is 0.325 e. The van der Waals surface area contributed by atoms with Gasteiger partial charge in [-0.2, -0.15) is 0 Å². The van der Waals surface area contributed by atoms with Gasteiger partial charge in [0.05, 0.1) is 5.41 Å². The Bertz CT molecular complexity index is 774. The molecule has 120 valence electrons. The maximum Gasteiger partial charge on any atom is 0.239 e. The SMILES string of the molecule is CC(C(=O)Nc1ccc(F)cc1)(c1ccccc1)c1ccccc1. The van der Waals surface area contributed by atoms with Crippen molar-refractivity contribution in [3.8, 4) is 0 Å². The standard InChI is InChI=1S/C21H18FNO/c1-21(16-8-4-2-5-9-16,17-10-6-3-7-11-17)20(24)23-19-14-12-18(22)13-15-19/h2-15H,1H3,(H,23,24). The van der Waals surface area contributed by atoms with Gasteiger partial charge in [-0.05, 0) is 42.3 Å². The van der Waals surface area contributed by atoms with Crippen molar-refractivity contribution in [3.63, 3.8) is 0 Å². The lowest BCUT2D eigenvalue weighted by Gasteiger charge is -2.29. The summed E-state index contributed by atoms with van der Waals surface area (Å²) >= 11 is 0. The second-order valence-electron chi connectivity index (χ2n) is 5.82. The molecule has 0 fully saturated rings. The number of amides is 1. The Morgan fingerprint density at radius 1 is 0.792 bits per heavy atom. The predicted molar refractivity (Wildman–Crippen MR) is 94.4 cm³/mol. The Hall–Kier alpha value is -2.94. The maximum absolute atomic E-state index is 13.1. The van der Waals surface area contributed by atoms with Crippen LogP contribution >= 0.6 is 0 Å². The molecule has 0 saturated carbocycles. The predicted octanol–water partition coefficient (Wildman–Crippen LogP) is 4.77. The topological polar surface area (TPSA) is 29.1 Å². The number of carbonyl (C=O) groups is 1. The van der Waals surface area contributed by atoms with Crippen LogP contribution < -0.4 is 5.32 Å². The molecular weight excluding hydrogens is 301 g/mol. The summed E-state index contributed by atoms with van der Waals surface area (Å²) in [6.07, 6.45) is 0. The number of rotatable bonds is 4. The summed E-state index contributed by atoms with van der Waals surface area (Å²) in [4.78, 5) is 13.1. The van der Waals surface area contributed by atoms with Crippen molar-refractivity contribution >= 4 is 11.6 Å². The van der Waals surface area contributed by atoms with Crippen molar-refractivity contribution in [2.24, 2.45) is 0 Å². The Balaban J connectivity index is 2.02. The minimum atomic E-state index is -0.850. The maximum atomic E-state index is 13.1. The van der Waals surface area contributed by atoms with E-state index in [1.807, 2.05) is 67.6 Å². The molecule has 0 spiro atoms. The van der Waals surface area contributed by atoms with Crippen LogP contribution in [0.4, 0.5) is 10.1 Å². The molecule has 3 heteroatoms. The number of halogens is 1. The fraction of sp³-hybridized carbons (Fsp3) is 0.0952. The zero-order valence-electron chi connectivity index (χ0n) is 13.4. The molecule has 3 aromatic rings. The second-order valence-corrected chi connectivity index (χ2v) is 5.82. The van der Waals surface area contributed by atoms with Crippen LogP contribution in [-0.4, -0.2) is 5.91 Å². The number of anilines is 1. The molecule has 0 bridgehead atoms. The van der Waals surface area contributed by atoms with E-state index in [1.54, 1.807) is 12.1 Å². The average molecular weight is 319 g/mol. The number of hydrogen-bond donors (Lipinski definition) is 1. The lowest BCUT2D eigenvalue weighted by molar-refractivity contribution is -0.119. The highest BCUT2D eigenvalue weighted by Crippen LogP contribution is 2.33. The van der Waals surface area contributed by atoms with Crippen LogP contribution in [0.5, 0.6) is 0 Å². The van der Waals surface area contributed by atoms with Crippen LogP contribution in [-0.2, 0) is 10.2 Å². The summed E-state index contributed by atoms with van der Waals surface area (Å²) in [7, 11) is 0. The minimum Gasteiger partial charge on any atom is -0.325 e. The molecule has 0 heterocycles. The molecule has 0 atom stereocenters. The van der Waals surface area contributed by atoms with E-state index in [0.29, 0.717) is 5.69 Å². The first-order valence-corrected chi connectivity index (χ1v) is 7.79. The first-order valence-electron chi connectivity index (χ1n) is 7.79. The highest BCUT2D eigenvalue weighted by atomic mass is 19.1. The third kappa shape index (κ3) is 3.06. The molecule has 0 unspecified atom stereocenters. The molecule has 0 radical (unpaired) electrons. The van der Waals surface area contributed by atoms with Crippen molar-refractivity contribution in [1.29, 1.82) is 0 Å². The summed E-state index contributed by atoms with van der Waals surface area (Å²) in [5.74, 6) is -0.492. The molecule has 3 rings (SSSR count). The Morgan fingerprint density at radius 2 is 1.25 bits per heavy atom. The molecule has 24 heavy (non-hydrogen) atoms. The summed E-state index contributed by atoms with van der Waals surface area (Å²) in [6.45, 7) is 1.90. The molecule has 3 aromatic carbocycles. The van der Waals surface area contributed by atoms with Crippen LogP contribution in [0.3, 0.4) is 0 Å². The molecular formula is C21H18FNO. The van der Waals surface area contributed by atoms with E-state index in [2.05, 4.69) is 5.32 Å². The van der Waals surface area contributed by atoms with E-state index >= 15 is 0 Å². The number of carbonyl (C=O) groups excluding carboxylic acids is 1. The number of benzene rings is 3. The van der Waals surface area contributed by atoms with E-state index in [-0.39, 0.29) is 11.7 Å². The Kier molecular flexibility index (Phi) is 4.43. The van der Waals surface area contributed by atoms with Gasteiger partial charge in [0.2, 0.25) is 5.91 Å². The van der Waals surface area contributed by atoms with Gasteiger partial charge in [0.25, 0.3) is 0 Å². The number of hydrogen-bond acceptors (Lipinski definition) is 1. The van der Waals surface area contributed by atoms with Gasteiger partial charge in [-0.15, -0.1) is 0 Å². The van der Waals surface area contributed by atoms with Crippen LogP contribution in [0.2, 0.25) is 0 Å². The quantitative estimate of drug-likeness (QED) is 0.737. The van der Waals surface area contributed by atoms with Gasteiger partial charge in [-0.25, -0.2) is 4.39 Å². The number of nitrogens with one attached hydrogen (secondary N) is 1. The monoisotopic (exact) mass is 319 g/mol. The summed E-state index contributed by atoms with van der Waals surface area (Å²) < 4.78 is 13.1. The summed E-state index contributed by atoms with van der Waals surface area (Å²) in [5.41, 5.74) is 1.52. The van der Waals surface area contributed by atoms with Crippen molar-refractivity contribution < 1.29 is 9.18 Å². The molecule has 1 N–H and O–H groups in total. The van der Waals surface area contributed by atoms with Gasteiger partial charge in [0.1, 0.15) is 5.82 Å². The van der Waals surface area contributed by atoms with Crippen molar-refractivity contribution in [2.45, 2.75) is 12.3 Å². The van der Waals surface area contributed by atoms with Crippen molar-refractivity contribution in [3.05, 3.63) is 102 Å². The highest BCUT2D eigenvalue weighted by Gasteiger charge is 2.37. The molecule has 0 aliphatic carbocycles. The second kappa shape index (κ2) is 6.67. The average Bonchev–Trinajstić information content (AvgIpc) is 2.64. The van der Waals surface area contributed by atoms with Gasteiger partial charge in [-0.3, -0.25) is 4.79 Å². The molecule has 0 aliphatic rings. The molecule has 2 nitrogen and oxygen atoms in total. The first-order chi connectivity index (χ1) is 11.6. The molecule has 0 aliphatic heterocycles. The fourth-order valence-electron chi connectivity index (χ4n) is 2.76. The normalized spacial score (nSPS) is 11.1. The van der Waals surface area contributed by atoms with E-state index in [9.17, 15) is 9.18 Å². The Morgan fingerprint density at radius 3 is 1.71 bits per heavy atom. The third-order valence-electron chi connectivity index (χ3n) is 4.26. The van der Waals surface area contributed by atoms with Crippen LogP contribution in [0, 0.1) is 5.82 Å². The van der Waals surface area contributed by atoms with E-state index in [0.717, 1.165) is 11.1 Å². The van der Waals surface area contributed by atoms with Gasteiger partial charge in [0.15, 0.2) is 0 Å². The molecule has 1 amide bonds. The molecule has 0 saturated heterocycles. The summed E-state index contributed by atoms with van der Waals surface area (Å²) in [5, 5.41) is 2.90. The smallest absolute Gasteiger partial charge is 0.239 e. The first kappa shape index (κ1) is 15.9. The van der Waals surface area contributed by atoms with Crippen LogP contribution in [0.25, 0.3) is 0 Å². The Labute approximate surface area is 141 Å². The third-order valence-corrected chi connectivity index (χ3v) is 4.26. The van der Waals surface area contributed by atoms with Gasteiger partial charge in [-0.1, -0.05) is 60.7 Å². The van der Waals surface area contributed by atoms with E-state index in [1.165, 1.54) is 12.1 Å². The lowest BCUT2D eigenvalue weighted by atomic mass is 9.75. The highest BCUT2D eigenvalue weighted by molar-refractivity contribution is 6.01. The minimum absolute atomic E-state index is 0.161. The molecule has 0 aromatic heterocycles. The van der Waals surface area contributed by atoms with Crippen LogP contribution in [0.1, 0.15) is 18.1 Å². The lowest BCUT2D eigenvalue weighted by Crippen LogP contribution is -2.38. The van der Waals surface area contributed by atoms with Gasteiger partial charge in [0, 0.05) is 5.69 Å². The van der Waals surface area contributed by atoms with Crippen molar-refractivity contribution in [1.82, 2.24) is 0 Å². The zero-order chi connectivity index (χ0) is 17.0. The zero-order valence-corrected chi connectivity index (χ0v) is 13.4. The van der Waals surface area contributed by atoms with E-state index in [4.69, 9.17) is 0 Å². The van der Waals surface area contributed by atoms with E-state index < -0.39 is 5.41 Å². The summed E-state index contributed by atoms with van der Waals surface area (Å²) in [6, 6.07) is 25.1. The fourth-order valence-corrected chi connectivity index (χ4v) is 2.76. The van der Waals surface area contributed by atoms with Gasteiger partial charge >= 0.3 is 0 Å². The van der Waals surface area contributed by atoms with Crippen LogP contribution in [0.15, 0.2) is 84.9 Å². The van der Waals surface area contributed by atoms with Gasteiger partial charge < -0.3 is 5.32 Å². The van der Waals surface area contributed by atoms with Crippen molar-refractivity contribution in [2.75, 3.05) is 5.32 Å².